The second-order valence-corrected chi connectivity index (χ2v) is 4.09. The molecule has 0 N–H and O–H groups in total. The van der Waals surface area contributed by atoms with E-state index in [4.69, 9.17) is 0 Å². The molecule has 0 aromatic heterocycles. The molecule has 2 saturated carbocycles. The molecule has 0 amide bonds. The third kappa shape index (κ3) is 2.35. The maximum absolute atomic E-state index is 1.56. The zero-order valence-corrected chi connectivity index (χ0v) is 6.81. The average molecular weight is 165 g/mol. The summed E-state index contributed by atoms with van der Waals surface area (Å²) in [6.07, 6.45) is 12.4. The first-order chi connectivity index (χ1) is 4.97. The summed E-state index contributed by atoms with van der Waals surface area (Å²) in [6.45, 7) is 0. The van der Waals surface area contributed by atoms with Crippen molar-refractivity contribution in [2.24, 2.45) is 11.8 Å². The minimum Gasteiger partial charge on any atom is -0.0530 e. The Morgan fingerprint density at radius 3 is 1.09 bits per heavy atom. The maximum Gasteiger partial charge on any atom is 0.316 e. The molecule has 0 atom stereocenters. The molecule has 0 heterocycles. The fraction of sp³-hybridized carbons (Fsp3) is 1.00. The highest BCUT2D eigenvalue weighted by Gasteiger charge is 2.26. The molecule has 2 rings (SSSR count). The van der Waals surface area contributed by atoms with Gasteiger partial charge < -0.3 is 0 Å². The number of hydrogen-bond acceptors (Lipinski definition) is 0. The largest absolute Gasteiger partial charge is 0.316 e. The van der Waals surface area contributed by atoms with Crippen molar-refractivity contribution in [3.63, 3.8) is 0 Å². The van der Waals surface area contributed by atoms with Gasteiger partial charge in [0.25, 0.3) is 0 Å². The van der Waals surface area contributed by atoms with Crippen LogP contribution in [0, 0.1) is 11.8 Å². The predicted octanol–water partition coefficient (Wildman–Crippen LogP) is 2.45. The van der Waals surface area contributed by atoms with Gasteiger partial charge in [-0.15, -0.1) is 0 Å². The Bertz CT molecular complexity index is 85.4. The Morgan fingerprint density at radius 1 is 0.545 bits per heavy atom. The van der Waals surface area contributed by atoms with Gasteiger partial charge in [0.1, 0.15) is 0 Å². The lowest BCUT2D eigenvalue weighted by atomic mass is 9.90. The van der Waals surface area contributed by atoms with Crippen LogP contribution in [0.1, 0.15) is 51.4 Å². The molecule has 0 bridgehead atoms. The second-order valence-electron chi connectivity index (χ2n) is 4.09. The van der Waals surface area contributed by atoms with Crippen molar-refractivity contribution in [2.45, 2.75) is 51.4 Å². The molecule has 0 saturated heterocycles. The van der Waals surface area contributed by atoms with Crippen LogP contribution in [0.5, 0.6) is 0 Å². The van der Waals surface area contributed by atoms with Gasteiger partial charge in [-0.3, -0.25) is 0 Å². The van der Waals surface area contributed by atoms with E-state index in [-0.39, 0.29) is 23.1 Å². The molecule has 0 spiro atoms. The highest BCUT2D eigenvalue weighted by molar-refractivity contribution is 5.75. The van der Waals surface area contributed by atoms with E-state index in [1.165, 1.54) is 25.7 Å². The molecular formula is C10H20Mg. The monoisotopic (exact) mass is 164 g/mol. The van der Waals surface area contributed by atoms with E-state index in [1.54, 1.807) is 25.7 Å². The van der Waals surface area contributed by atoms with Crippen LogP contribution in [0.15, 0.2) is 0 Å². The standard InChI is InChI=1S/C10H18.Mg.2H/c1-2-6-9(5-1)10-7-3-4-8-10;;;/h9-10H,1-8H2;;;. The van der Waals surface area contributed by atoms with Gasteiger partial charge in [-0.2, -0.15) is 0 Å². The van der Waals surface area contributed by atoms with Crippen molar-refractivity contribution in [3.8, 4) is 0 Å². The molecule has 62 valence electrons. The van der Waals surface area contributed by atoms with Crippen molar-refractivity contribution < 1.29 is 0 Å². The Kier molecular flexibility index (Phi) is 4.22. The van der Waals surface area contributed by atoms with Crippen LogP contribution in [0.3, 0.4) is 0 Å². The van der Waals surface area contributed by atoms with Crippen LogP contribution < -0.4 is 0 Å². The van der Waals surface area contributed by atoms with Crippen molar-refractivity contribution in [1.82, 2.24) is 0 Å². The molecule has 0 aliphatic heterocycles. The van der Waals surface area contributed by atoms with Crippen LogP contribution in [-0.2, 0) is 0 Å². The van der Waals surface area contributed by atoms with Gasteiger partial charge in [0, 0.05) is 0 Å². The van der Waals surface area contributed by atoms with Crippen LogP contribution in [-0.4, -0.2) is 23.1 Å². The summed E-state index contributed by atoms with van der Waals surface area (Å²) in [5, 5.41) is 0. The second kappa shape index (κ2) is 4.71. The van der Waals surface area contributed by atoms with Gasteiger partial charge in [0.2, 0.25) is 0 Å². The Hall–Kier alpha value is 0.766. The van der Waals surface area contributed by atoms with E-state index in [9.17, 15) is 0 Å². The summed E-state index contributed by atoms with van der Waals surface area (Å²) < 4.78 is 0. The Balaban J connectivity index is 0.000000605. The fourth-order valence-electron chi connectivity index (χ4n) is 2.86. The minimum absolute atomic E-state index is 0. The predicted molar refractivity (Wildman–Crippen MR) is 52.5 cm³/mol. The van der Waals surface area contributed by atoms with Gasteiger partial charge in [0.15, 0.2) is 0 Å². The lowest BCUT2D eigenvalue weighted by Crippen LogP contribution is -2.06. The molecule has 1 heteroatoms. The van der Waals surface area contributed by atoms with E-state index in [1.807, 2.05) is 0 Å². The molecule has 11 heavy (non-hydrogen) atoms. The third-order valence-corrected chi connectivity index (χ3v) is 3.47. The summed E-state index contributed by atoms with van der Waals surface area (Å²) in [7, 11) is 0. The SMILES string of the molecule is C1CCC(C2CCCC2)C1.[MgH2]. The molecule has 0 nitrogen and oxygen atoms in total. The highest BCUT2D eigenvalue weighted by Crippen LogP contribution is 2.39. The average Bonchev–Trinajstić information content (AvgIpc) is 2.59. The van der Waals surface area contributed by atoms with Crippen molar-refractivity contribution in [3.05, 3.63) is 0 Å². The third-order valence-electron chi connectivity index (χ3n) is 3.47. The molecule has 0 radical (unpaired) electrons. The van der Waals surface area contributed by atoms with Gasteiger partial charge in [-0.05, 0) is 11.8 Å². The normalized spacial score (nSPS) is 27.3. The summed E-state index contributed by atoms with van der Waals surface area (Å²) in [6, 6.07) is 0. The lowest BCUT2D eigenvalue weighted by molar-refractivity contribution is 0.347. The molecule has 2 aliphatic carbocycles. The van der Waals surface area contributed by atoms with E-state index >= 15 is 0 Å². The van der Waals surface area contributed by atoms with E-state index < -0.39 is 0 Å². The first-order valence-electron chi connectivity index (χ1n) is 4.97. The van der Waals surface area contributed by atoms with Crippen molar-refractivity contribution in [1.29, 1.82) is 0 Å². The van der Waals surface area contributed by atoms with Crippen LogP contribution in [0.4, 0.5) is 0 Å². The van der Waals surface area contributed by atoms with Crippen LogP contribution in [0.2, 0.25) is 0 Å². The van der Waals surface area contributed by atoms with Crippen LogP contribution >= 0.6 is 0 Å². The summed E-state index contributed by atoms with van der Waals surface area (Å²) in [5.74, 6) is 2.31. The molecule has 2 aliphatic rings. The summed E-state index contributed by atoms with van der Waals surface area (Å²) >= 11 is 0. The van der Waals surface area contributed by atoms with E-state index in [0.29, 0.717) is 0 Å². The smallest absolute Gasteiger partial charge is 0.0530 e. The first-order valence-corrected chi connectivity index (χ1v) is 4.97. The van der Waals surface area contributed by atoms with E-state index in [2.05, 4.69) is 0 Å². The van der Waals surface area contributed by atoms with Gasteiger partial charge in [-0.1, -0.05) is 51.4 Å². The van der Waals surface area contributed by atoms with Crippen LogP contribution in [0.25, 0.3) is 0 Å². The number of rotatable bonds is 1. The number of hydrogen-bond donors (Lipinski definition) is 0. The molecule has 0 unspecified atom stereocenters. The molecular weight excluding hydrogens is 144 g/mol. The zero-order valence-electron chi connectivity index (χ0n) is 6.81. The maximum atomic E-state index is 1.56. The van der Waals surface area contributed by atoms with Gasteiger partial charge in [-0.25, -0.2) is 0 Å². The van der Waals surface area contributed by atoms with Gasteiger partial charge >= 0.3 is 23.1 Å². The Labute approximate surface area is 86.3 Å². The molecule has 0 aromatic rings. The first kappa shape index (κ1) is 9.85. The Morgan fingerprint density at radius 2 is 0.818 bits per heavy atom. The summed E-state index contributed by atoms with van der Waals surface area (Å²) in [5.41, 5.74) is 0. The van der Waals surface area contributed by atoms with E-state index in [0.717, 1.165) is 11.8 Å². The quantitative estimate of drug-likeness (QED) is 0.523. The minimum atomic E-state index is 0. The molecule has 2 fully saturated rings. The lowest BCUT2D eigenvalue weighted by Gasteiger charge is -2.16. The highest BCUT2D eigenvalue weighted by atomic mass is 24.3. The van der Waals surface area contributed by atoms with Crippen molar-refractivity contribution in [2.75, 3.05) is 0 Å². The fourth-order valence-corrected chi connectivity index (χ4v) is 2.86. The molecule has 0 aromatic carbocycles. The summed E-state index contributed by atoms with van der Waals surface area (Å²) in [4.78, 5) is 0. The topological polar surface area (TPSA) is 0 Å². The zero-order chi connectivity index (χ0) is 6.81. The van der Waals surface area contributed by atoms with Gasteiger partial charge in [0.05, 0.1) is 0 Å². The van der Waals surface area contributed by atoms with Crippen molar-refractivity contribution >= 4 is 23.1 Å².